The number of carbonyl (C=O) groups excluding carboxylic acids is 1. The normalized spacial score (nSPS) is 25.1. The lowest BCUT2D eigenvalue weighted by Gasteiger charge is -2.20. The van der Waals surface area contributed by atoms with Gasteiger partial charge in [0, 0.05) is 37.1 Å². The molecule has 0 bridgehead atoms. The van der Waals surface area contributed by atoms with Crippen LogP contribution in [0.3, 0.4) is 0 Å². The first-order valence-electron chi connectivity index (χ1n) is 7.99. The first kappa shape index (κ1) is 20.2. The van der Waals surface area contributed by atoms with E-state index in [-0.39, 0.29) is 42.8 Å². The maximum Gasteiger partial charge on any atom is 0.222 e. The minimum Gasteiger partial charge on any atom is -0.352 e. The third-order valence-corrected chi connectivity index (χ3v) is 4.64. The van der Waals surface area contributed by atoms with Gasteiger partial charge in [0.1, 0.15) is 0 Å². The van der Waals surface area contributed by atoms with E-state index in [1.165, 1.54) is 12.8 Å². The topological polar surface area (TPSA) is 58.4 Å². The van der Waals surface area contributed by atoms with Crippen molar-refractivity contribution in [2.75, 3.05) is 6.54 Å². The third kappa shape index (κ3) is 5.35. The molecule has 0 spiro atoms. The molecule has 0 radical (unpaired) electrons. The molecule has 1 amide bonds. The predicted molar refractivity (Wildman–Crippen MR) is 98.2 cm³/mol. The fraction of sp³-hybridized carbons (Fsp3) is 0.588. The van der Waals surface area contributed by atoms with Gasteiger partial charge in [-0.1, -0.05) is 30.3 Å². The number of nitrogens with one attached hydrogen (secondary N) is 1. The van der Waals surface area contributed by atoms with Gasteiger partial charge in [-0.05, 0) is 31.7 Å². The second-order valence-corrected chi connectivity index (χ2v) is 6.50. The van der Waals surface area contributed by atoms with Crippen LogP contribution in [0.4, 0.5) is 0 Å². The second kappa shape index (κ2) is 8.88. The maximum absolute atomic E-state index is 12.2. The van der Waals surface area contributed by atoms with Gasteiger partial charge in [0.05, 0.1) is 0 Å². The van der Waals surface area contributed by atoms with Crippen LogP contribution in [-0.4, -0.2) is 35.5 Å². The molecular weight excluding hydrogens is 333 g/mol. The fourth-order valence-electron chi connectivity index (χ4n) is 3.38. The molecule has 130 valence electrons. The van der Waals surface area contributed by atoms with Crippen LogP contribution in [-0.2, 0) is 4.79 Å². The summed E-state index contributed by atoms with van der Waals surface area (Å²) < 4.78 is 0. The van der Waals surface area contributed by atoms with Crippen LogP contribution < -0.4 is 11.1 Å². The quantitative estimate of drug-likeness (QED) is 0.849. The highest BCUT2D eigenvalue weighted by molar-refractivity contribution is 5.85. The molecule has 3 N–H and O–H groups in total. The summed E-state index contributed by atoms with van der Waals surface area (Å²) in [7, 11) is 0. The molecule has 1 saturated carbocycles. The second-order valence-electron chi connectivity index (χ2n) is 6.50. The van der Waals surface area contributed by atoms with Gasteiger partial charge in [-0.2, -0.15) is 0 Å². The monoisotopic (exact) mass is 359 g/mol. The van der Waals surface area contributed by atoms with Crippen LogP contribution in [0.25, 0.3) is 0 Å². The van der Waals surface area contributed by atoms with E-state index in [0.717, 1.165) is 24.6 Å². The minimum absolute atomic E-state index is 0. The first-order chi connectivity index (χ1) is 10.1. The Morgan fingerprint density at radius 2 is 1.96 bits per heavy atom. The summed E-state index contributed by atoms with van der Waals surface area (Å²) in [6.07, 6.45) is 4.06. The summed E-state index contributed by atoms with van der Waals surface area (Å²) in [4.78, 5) is 14.7. The molecule has 23 heavy (non-hydrogen) atoms. The summed E-state index contributed by atoms with van der Waals surface area (Å²) in [5.41, 5.74) is 7.13. The molecule has 6 heteroatoms. The van der Waals surface area contributed by atoms with Crippen LogP contribution in [0.1, 0.15) is 44.2 Å². The summed E-state index contributed by atoms with van der Waals surface area (Å²) >= 11 is 0. The van der Waals surface area contributed by atoms with Gasteiger partial charge < -0.3 is 11.1 Å². The third-order valence-electron chi connectivity index (χ3n) is 4.64. The van der Waals surface area contributed by atoms with Gasteiger partial charge in [0.2, 0.25) is 5.91 Å². The number of hydrogen-bond acceptors (Lipinski definition) is 3. The average Bonchev–Trinajstić information content (AvgIpc) is 3.24. The zero-order valence-electron chi connectivity index (χ0n) is 13.5. The molecule has 0 aromatic heterocycles. The molecular formula is C17H27Cl2N3O. The van der Waals surface area contributed by atoms with Crippen molar-refractivity contribution in [3.63, 3.8) is 0 Å². The molecule has 2 aliphatic rings. The Kier molecular flexibility index (Phi) is 7.81. The van der Waals surface area contributed by atoms with E-state index in [2.05, 4.69) is 17.1 Å². The number of benzene rings is 1. The van der Waals surface area contributed by atoms with Crippen LogP contribution in [0.5, 0.6) is 0 Å². The van der Waals surface area contributed by atoms with E-state index in [4.69, 9.17) is 5.73 Å². The van der Waals surface area contributed by atoms with Gasteiger partial charge in [0.25, 0.3) is 0 Å². The Balaban J connectivity index is 0.00000132. The molecule has 1 aromatic carbocycles. The van der Waals surface area contributed by atoms with Crippen LogP contribution in [0.15, 0.2) is 30.3 Å². The number of halogens is 2. The highest BCUT2D eigenvalue weighted by Crippen LogP contribution is 2.33. The number of rotatable bonds is 5. The van der Waals surface area contributed by atoms with Crippen molar-refractivity contribution in [2.45, 2.75) is 56.8 Å². The molecule has 1 heterocycles. The lowest BCUT2D eigenvalue weighted by Crippen LogP contribution is -2.38. The van der Waals surface area contributed by atoms with Crippen molar-refractivity contribution in [3.8, 4) is 0 Å². The van der Waals surface area contributed by atoms with Gasteiger partial charge in [-0.25, -0.2) is 0 Å². The maximum atomic E-state index is 12.2. The van der Waals surface area contributed by atoms with E-state index in [0.29, 0.717) is 12.5 Å². The van der Waals surface area contributed by atoms with Gasteiger partial charge in [-0.15, -0.1) is 24.8 Å². The van der Waals surface area contributed by atoms with Crippen molar-refractivity contribution < 1.29 is 4.79 Å². The number of nitrogens with two attached hydrogens (primary N) is 1. The summed E-state index contributed by atoms with van der Waals surface area (Å²) in [5, 5.41) is 3.16. The van der Waals surface area contributed by atoms with E-state index >= 15 is 0 Å². The SMILES string of the molecule is CC1CC(NC(=O)CC(N)c2ccccc2)CN1C1CC1.Cl.Cl. The van der Waals surface area contributed by atoms with Gasteiger partial charge >= 0.3 is 0 Å². The Morgan fingerprint density at radius 1 is 1.30 bits per heavy atom. The number of hydrogen-bond donors (Lipinski definition) is 2. The fourth-order valence-corrected chi connectivity index (χ4v) is 3.38. The Morgan fingerprint density at radius 3 is 2.57 bits per heavy atom. The number of likely N-dealkylation sites (tertiary alicyclic amines) is 1. The predicted octanol–water partition coefficient (Wildman–Crippen LogP) is 2.66. The minimum atomic E-state index is -0.218. The molecule has 1 saturated heterocycles. The number of carbonyl (C=O) groups is 1. The average molecular weight is 360 g/mol. The molecule has 1 aromatic rings. The Bertz CT molecular complexity index is 496. The summed E-state index contributed by atoms with van der Waals surface area (Å²) in [6.45, 7) is 3.26. The van der Waals surface area contributed by atoms with Crippen molar-refractivity contribution >= 4 is 30.7 Å². The standard InChI is InChI=1S/C17H25N3O.2ClH/c1-12-9-14(11-20(12)15-7-8-15)19-17(21)10-16(18)13-5-3-2-4-6-13;;/h2-6,12,14-16H,7-11,18H2,1H3,(H,19,21);2*1H. The number of amides is 1. The Labute approximate surface area is 151 Å². The molecule has 3 atom stereocenters. The van der Waals surface area contributed by atoms with Crippen molar-refractivity contribution in [1.29, 1.82) is 0 Å². The molecule has 3 unspecified atom stereocenters. The lowest BCUT2D eigenvalue weighted by molar-refractivity contribution is -0.122. The van der Waals surface area contributed by atoms with Crippen LogP contribution in [0, 0.1) is 0 Å². The van der Waals surface area contributed by atoms with Crippen molar-refractivity contribution in [3.05, 3.63) is 35.9 Å². The molecule has 2 fully saturated rings. The zero-order chi connectivity index (χ0) is 14.8. The number of nitrogens with zero attached hydrogens (tertiary/aromatic N) is 1. The first-order valence-corrected chi connectivity index (χ1v) is 7.99. The van der Waals surface area contributed by atoms with E-state index in [1.807, 2.05) is 30.3 Å². The van der Waals surface area contributed by atoms with Crippen LogP contribution >= 0.6 is 24.8 Å². The smallest absolute Gasteiger partial charge is 0.222 e. The molecule has 4 nitrogen and oxygen atoms in total. The highest BCUT2D eigenvalue weighted by Gasteiger charge is 2.39. The molecule has 3 rings (SSSR count). The van der Waals surface area contributed by atoms with E-state index in [9.17, 15) is 4.79 Å². The Hall–Kier alpha value is -0.810. The van der Waals surface area contributed by atoms with Crippen molar-refractivity contribution in [1.82, 2.24) is 10.2 Å². The molecule has 1 aliphatic heterocycles. The van der Waals surface area contributed by atoms with E-state index in [1.54, 1.807) is 0 Å². The molecule has 1 aliphatic carbocycles. The van der Waals surface area contributed by atoms with E-state index < -0.39 is 0 Å². The summed E-state index contributed by atoms with van der Waals surface area (Å²) in [5.74, 6) is 0.0706. The summed E-state index contributed by atoms with van der Waals surface area (Å²) in [6, 6.07) is 11.3. The zero-order valence-corrected chi connectivity index (χ0v) is 15.1. The lowest BCUT2D eigenvalue weighted by atomic mass is 10.0. The van der Waals surface area contributed by atoms with Gasteiger partial charge in [-0.3, -0.25) is 9.69 Å². The van der Waals surface area contributed by atoms with Crippen molar-refractivity contribution in [2.24, 2.45) is 5.73 Å². The highest BCUT2D eigenvalue weighted by atomic mass is 35.5. The van der Waals surface area contributed by atoms with Gasteiger partial charge in [0.15, 0.2) is 0 Å². The van der Waals surface area contributed by atoms with Crippen LogP contribution in [0.2, 0.25) is 0 Å². The largest absolute Gasteiger partial charge is 0.352 e.